The van der Waals surface area contributed by atoms with Crippen molar-refractivity contribution < 1.29 is 0 Å². The smallest absolute Gasteiger partial charge is 0.0842 e. The average molecular weight is 300 g/mol. The summed E-state index contributed by atoms with van der Waals surface area (Å²) in [5.41, 5.74) is 1.19. The second kappa shape index (κ2) is 5.12. The van der Waals surface area contributed by atoms with E-state index in [0.29, 0.717) is 0 Å². The zero-order valence-electron chi connectivity index (χ0n) is 9.27. The third kappa shape index (κ3) is 2.36. The predicted molar refractivity (Wildman–Crippen MR) is 70.7 cm³/mol. The fourth-order valence-electron chi connectivity index (χ4n) is 1.71. The fraction of sp³-hybridized carbons (Fsp3) is 0.364. The van der Waals surface area contributed by atoms with Crippen LogP contribution in [0, 0.1) is 0 Å². The van der Waals surface area contributed by atoms with E-state index in [-0.39, 0.29) is 6.04 Å². The van der Waals surface area contributed by atoms with Gasteiger partial charge in [-0.05, 0) is 40.7 Å². The molecule has 5 heteroatoms. The Balaban J connectivity index is 2.34. The van der Waals surface area contributed by atoms with Crippen LogP contribution >= 0.6 is 27.3 Å². The average Bonchev–Trinajstić information content (AvgIpc) is 2.84. The van der Waals surface area contributed by atoms with Gasteiger partial charge in [0.1, 0.15) is 0 Å². The van der Waals surface area contributed by atoms with Crippen LogP contribution in [0.4, 0.5) is 0 Å². The molecule has 2 heterocycles. The van der Waals surface area contributed by atoms with E-state index in [1.165, 1.54) is 10.6 Å². The molecular weight excluding hydrogens is 286 g/mol. The molecule has 2 aromatic heterocycles. The molecule has 0 aliphatic heterocycles. The normalized spacial score (nSPS) is 12.9. The van der Waals surface area contributed by atoms with Gasteiger partial charge >= 0.3 is 0 Å². The van der Waals surface area contributed by atoms with Crippen molar-refractivity contribution in [3.63, 3.8) is 0 Å². The number of hydrogen-bond donors (Lipinski definition) is 1. The van der Waals surface area contributed by atoms with Crippen LogP contribution in [-0.2, 0) is 7.05 Å². The number of hydrogen-bond acceptors (Lipinski definition) is 3. The maximum absolute atomic E-state index is 4.22. The SMILES string of the molecule is CCNC(c1ccc(Br)s1)c1ccnn1C. The molecule has 0 spiro atoms. The van der Waals surface area contributed by atoms with Crippen LogP contribution in [0.25, 0.3) is 0 Å². The first-order chi connectivity index (χ1) is 7.72. The lowest BCUT2D eigenvalue weighted by Gasteiger charge is -2.16. The van der Waals surface area contributed by atoms with Gasteiger partial charge in [-0.3, -0.25) is 4.68 Å². The molecule has 3 nitrogen and oxygen atoms in total. The summed E-state index contributed by atoms with van der Waals surface area (Å²) in [6.07, 6.45) is 1.84. The van der Waals surface area contributed by atoms with Gasteiger partial charge in [-0.1, -0.05) is 6.92 Å². The molecule has 2 rings (SSSR count). The first-order valence-corrected chi connectivity index (χ1v) is 6.80. The highest BCUT2D eigenvalue weighted by molar-refractivity contribution is 9.11. The Morgan fingerprint density at radius 1 is 1.50 bits per heavy atom. The molecule has 0 bridgehead atoms. The molecule has 1 N–H and O–H groups in total. The predicted octanol–water partition coefficient (Wildman–Crippen LogP) is 2.94. The van der Waals surface area contributed by atoms with E-state index in [1.807, 2.05) is 17.9 Å². The van der Waals surface area contributed by atoms with Gasteiger partial charge in [0.25, 0.3) is 0 Å². The van der Waals surface area contributed by atoms with Crippen molar-refractivity contribution in [3.05, 3.63) is 38.8 Å². The van der Waals surface area contributed by atoms with Crippen molar-refractivity contribution in [3.8, 4) is 0 Å². The lowest BCUT2D eigenvalue weighted by molar-refractivity contribution is 0.579. The fourth-order valence-corrected chi connectivity index (χ4v) is 3.22. The van der Waals surface area contributed by atoms with Crippen LogP contribution in [0.2, 0.25) is 0 Å². The minimum atomic E-state index is 0.230. The second-order valence-corrected chi connectivity index (χ2v) is 6.01. The number of aromatic nitrogens is 2. The first-order valence-electron chi connectivity index (χ1n) is 5.19. The van der Waals surface area contributed by atoms with E-state index in [2.05, 4.69) is 51.5 Å². The number of rotatable bonds is 4. The topological polar surface area (TPSA) is 29.9 Å². The van der Waals surface area contributed by atoms with Crippen molar-refractivity contribution in [1.29, 1.82) is 0 Å². The molecule has 1 atom stereocenters. The molecule has 0 saturated carbocycles. The molecule has 0 aliphatic rings. The summed E-state index contributed by atoms with van der Waals surface area (Å²) in [4.78, 5) is 1.30. The molecule has 16 heavy (non-hydrogen) atoms. The molecule has 2 aromatic rings. The molecule has 0 aliphatic carbocycles. The molecule has 0 aromatic carbocycles. The Morgan fingerprint density at radius 2 is 2.31 bits per heavy atom. The van der Waals surface area contributed by atoms with E-state index in [9.17, 15) is 0 Å². The third-order valence-corrected chi connectivity index (χ3v) is 4.13. The van der Waals surface area contributed by atoms with Crippen LogP contribution in [0.3, 0.4) is 0 Å². The van der Waals surface area contributed by atoms with Crippen molar-refractivity contribution in [1.82, 2.24) is 15.1 Å². The van der Waals surface area contributed by atoms with Crippen molar-refractivity contribution in [2.75, 3.05) is 6.54 Å². The summed E-state index contributed by atoms with van der Waals surface area (Å²) >= 11 is 5.26. The number of thiophene rings is 1. The Bertz CT molecular complexity index is 463. The van der Waals surface area contributed by atoms with Crippen LogP contribution in [0.15, 0.2) is 28.2 Å². The summed E-state index contributed by atoms with van der Waals surface area (Å²) in [6.45, 7) is 3.05. The third-order valence-electron chi connectivity index (χ3n) is 2.44. The molecular formula is C11H14BrN3S. The molecule has 0 radical (unpaired) electrons. The Labute approximate surface area is 108 Å². The van der Waals surface area contributed by atoms with E-state index in [0.717, 1.165) is 10.3 Å². The van der Waals surface area contributed by atoms with E-state index >= 15 is 0 Å². The summed E-state index contributed by atoms with van der Waals surface area (Å²) in [5, 5.41) is 7.71. The second-order valence-electron chi connectivity index (χ2n) is 3.51. The Hall–Kier alpha value is -0.650. The van der Waals surface area contributed by atoms with Gasteiger partial charge in [0.2, 0.25) is 0 Å². The van der Waals surface area contributed by atoms with Gasteiger partial charge < -0.3 is 5.32 Å². The maximum Gasteiger partial charge on any atom is 0.0842 e. The molecule has 0 amide bonds. The van der Waals surface area contributed by atoms with Crippen LogP contribution in [-0.4, -0.2) is 16.3 Å². The lowest BCUT2D eigenvalue weighted by Crippen LogP contribution is -2.23. The molecule has 1 unspecified atom stereocenters. The minimum absolute atomic E-state index is 0.230. The Morgan fingerprint density at radius 3 is 2.81 bits per heavy atom. The standard InChI is InChI=1S/C11H14BrN3S/c1-3-13-11(8-6-7-14-15(8)2)9-4-5-10(12)16-9/h4-7,11,13H,3H2,1-2H3. The molecule has 0 fully saturated rings. The Kier molecular flexibility index (Phi) is 3.78. The van der Waals surface area contributed by atoms with Crippen LogP contribution in [0.5, 0.6) is 0 Å². The van der Waals surface area contributed by atoms with Gasteiger partial charge in [-0.2, -0.15) is 5.10 Å². The van der Waals surface area contributed by atoms with Gasteiger partial charge in [0.15, 0.2) is 0 Å². The number of nitrogens with zero attached hydrogens (tertiary/aromatic N) is 2. The lowest BCUT2D eigenvalue weighted by atomic mass is 10.1. The van der Waals surface area contributed by atoms with Gasteiger partial charge in [0.05, 0.1) is 15.5 Å². The van der Waals surface area contributed by atoms with Crippen molar-refractivity contribution in [2.45, 2.75) is 13.0 Å². The van der Waals surface area contributed by atoms with Crippen molar-refractivity contribution >= 4 is 27.3 Å². The zero-order chi connectivity index (χ0) is 11.5. The monoisotopic (exact) mass is 299 g/mol. The van der Waals surface area contributed by atoms with Crippen molar-refractivity contribution in [2.24, 2.45) is 7.05 Å². The number of aryl methyl sites for hydroxylation is 1. The van der Waals surface area contributed by atoms with Gasteiger partial charge in [-0.25, -0.2) is 0 Å². The summed E-state index contributed by atoms with van der Waals surface area (Å²) < 4.78 is 3.08. The molecule has 0 saturated heterocycles. The molecule has 86 valence electrons. The van der Waals surface area contributed by atoms with E-state index in [1.54, 1.807) is 11.3 Å². The highest BCUT2D eigenvalue weighted by Gasteiger charge is 2.17. The maximum atomic E-state index is 4.22. The van der Waals surface area contributed by atoms with E-state index < -0.39 is 0 Å². The highest BCUT2D eigenvalue weighted by atomic mass is 79.9. The van der Waals surface area contributed by atoms with Gasteiger partial charge in [-0.15, -0.1) is 11.3 Å². The van der Waals surface area contributed by atoms with Gasteiger partial charge in [0, 0.05) is 18.1 Å². The van der Waals surface area contributed by atoms with Crippen LogP contribution < -0.4 is 5.32 Å². The summed E-state index contributed by atoms with van der Waals surface area (Å²) in [6, 6.07) is 6.52. The number of nitrogens with one attached hydrogen (secondary N) is 1. The summed E-state index contributed by atoms with van der Waals surface area (Å²) in [7, 11) is 1.97. The van der Waals surface area contributed by atoms with E-state index in [4.69, 9.17) is 0 Å². The quantitative estimate of drug-likeness (QED) is 0.941. The summed E-state index contributed by atoms with van der Waals surface area (Å²) in [5.74, 6) is 0. The zero-order valence-corrected chi connectivity index (χ0v) is 11.7. The van der Waals surface area contributed by atoms with Crippen LogP contribution in [0.1, 0.15) is 23.5 Å². The largest absolute Gasteiger partial charge is 0.305 e. The first kappa shape index (κ1) is 11.8. The minimum Gasteiger partial charge on any atom is -0.305 e. The highest BCUT2D eigenvalue weighted by Crippen LogP contribution is 2.30. The number of halogens is 1.